The standard InChI is InChI=1S/C22H23ClFN3O3/c1-13-18(21(29)30-22(2,3)4)27-10-6-7-15(19(27)25-13)20(28)26(5)12-14-8-9-17(24)16(23)11-14/h6-11H,12H2,1-5H3. The van der Waals surface area contributed by atoms with E-state index in [0.717, 1.165) is 0 Å². The Morgan fingerprint density at radius 1 is 1.27 bits per heavy atom. The average Bonchev–Trinajstić information content (AvgIpc) is 2.98. The molecule has 8 heteroatoms. The number of ether oxygens (including phenoxy) is 1. The Hall–Kier alpha value is -2.93. The minimum absolute atomic E-state index is 0.00124. The average molecular weight is 432 g/mol. The first-order valence-electron chi connectivity index (χ1n) is 9.38. The molecule has 3 aromatic rings. The van der Waals surface area contributed by atoms with Gasteiger partial charge in [-0.1, -0.05) is 17.7 Å². The highest BCUT2D eigenvalue weighted by molar-refractivity contribution is 6.30. The summed E-state index contributed by atoms with van der Waals surface area (Å²) in [5.74, 6) is -1.31. The van der Waals surface area contributed by atoms with E-state index in [4.69, 9.17) is 16.3 Å². The van der Waals surface area contributed by atoms with E-state index in [2.05, 4.69) is 4.98 Å². The van der Waals surface area contributed by atoms with Crippen molar-refractivity contribution in [2.75, 3.05) is 7.05 Å². The molecule has 0 aliphatic carbocycles. The summed E-state index contributed by atoms with van der Waals surface area (Å²) in [6, 6.07) is 7.66. The molecular formula is C22H23ClFN3O3. The van der Waals surface area contributed by atoms with Gasteiger partial charge in [-0.25, -0.2) is 14.2 Å². The smallest absolute Gasteiger partial charge is 0.357 e. The van der Waals surface area contributed by atoms with E-state index in [0.29, 0.717) is 22.5 Å². The zero-order chi connectivity index (χ0) is 22.2. The van der Waals surface area contributed by atoms with Crippen molar-refractivity contribution in [3.63, 3.8) is 0 Å². The topological polar surface area (TPSA) is 63.9 Å². The van der Waals surface area contributed by atoms with Crippen LogP contribution in [0.15, 0.2) is 36.5 Å². The molecule has 2 aromatic heterocycles. The van der Waals surface area contributed by atoms with Crippen molar-refractivity contribution in [2.45, 2.75) is 39.8 Å². The molecule has 0 saturated heterocycles. The van der Waals surface area contributed by atoms with E-state index in [1.54, 1.807) is 63.5 Å². The summed E-state index contributed by atoms with van der Waals surface area (Å²) in [6.45, 7) is 7.29. The summed E-state index contributed by atoms with van der Waals surface area (Å²) in [7, 11) is 1.63. The SMILES string of the molecule is Cc1nc2c(C(=O)N(C)Cc3ccc(F)c(Cl)c3)cccn2c1C(=O)OC(C)(C)C. The Bertz CT molecular complexity index is 1130. The molecule has 1 amide bonds. The van der Waals surface area contributed by atoms with Crippen LogP contribution < -0.4 is 0 Å². The molecule has 0 radical (unpaired) electrons. The third-order valence-corrected chi connectivity index (χ3v) is 4.69. The number of amides is 1. The number of hydrogen-bond donors (Lipinski definition) is 0. The lowest BCUT2D eigenvalue weighted by atomic mass is 10.2. The Kier molecular flexibility index (Phi) is 5.85. The normalized spacial score (nSPS) is 11.6. The number of halogens is 2. The Morgan fingerprint density at radius 3 is 2.60 bits per heavy atom. The van der Waals surface area contributed by atoms with Crippen molar-refractivity contribution < 1.29 is 18.7 Å². The maximum Gasteiger partial charge on any atom is 0.357 e. The molecule has 0 unspecified atom stereocenters. The van der Waals surface area contributed by atoms with Crippen LogP contribution >= 0.6 is 11.6 Å². The van der Waals surface area contributed by atoms with Crippen LogP contribution in [0.4, 0.5) is 4.39 Å². The number of esters is 1. The molecule has 2 heterocycles. The fraction of sp³-hybridized carbons (Fsp3) is 0.318. The number of pyridine rings is 1. The molecule has 0 fully saturated rings. The van der Waals surface area contributed by atoms with Gasteiger partial charge in [0.2, 0.25) is 0 Å². The monoisotopic (exact) mass is 431 g/mol. The van der Waals surface area contributed by atoms with Crippen LogP contribution in [-0.2, 0) is 11.3 Å². The molecule has 0 aliphatic rings. The van der Waals surface area contributed by atoms with Crippen molar-refractivity contribution in [3.8, 4) is 0 Å². The van der Waals surface area contributed by atoms with Gasteiger partial charge in [-0.3, -0.25) is 9.20 Å². The van der Waals surface area contributed by atoms with Gasteiger partial charge in [-0.2, -0.15) is 0 Å². The van der Waals surface area contributed by atoms with Gasteiger partial charge in [-0.05, 0) is 57.5 Å². The summed E-state index contributed by atoms with van der Waals surface area (Å²) >= 11 is 5.83. The molecule has 0 N–H and O–H groups in total. The fourth-order valence-electron chi connectivity index (χ4n) is 3.11. The zero-order valence-electron chi connectivity index (χ0n) is 17.5. The molecule has 1 aromatic carbocycles. The lowest BCUT2D eigenvalue weighted by Crippen LogP contribution is -2.27. The number of aromatic nitrogens is 2. The van der Waals surface area contributed by atoms with Gasteiger partial charge in [0.05, 0.1) is 16.3 Å². The van der Waals surface area contributed by atoms with Gasteiger partial charge in [0.1, 0.15) is 11.4 Å². The van der Waals surface area contributed by atoms with E-state index < -0.39 is 17.4 Å². The van der Waals surface area contributed by atoms with Crippen molar-refractivity contribution in [1.29, 1.82) is 0 Å². The Morgan fingerprint density at radius 2 is 1.97 bits per heavy atom. The van der Waals surface area contributed by atoms with Crippen LogP contribution in [0, 0.1) is 12.7 Å². The minimum atomic E-state index is -0.655. The predicted octanol–water partition coefficient (Wildman–Crippen LogP) is 4.66. The highest BCUT2D eigenvalue weighted by Crippen LogP contribution is 2.22. The van der Waals surface area contributed by atoms with Gasteiger partial charge in [0, 0.05) is 19.8 Å². The van der Waals surface area contributed by atoms with Gasteiger partial charge >= 0.3 is 5.97 Å². The second kappa shape index (κ2) is 8.07. The van der Waals surface area contributed by atoms with Crippen molar-refractivity contribution in [3.05, 3.63) is 69.9 Å². The molecule has 158 valence electrons. The quantitative estimate of drug-likeness (QED) is 0.563. The zero-order valence-corrected chi connectivity index (χ0v) is 18.2. The molecule has 3 rings (SSSR count). The minimum Gasteiger partial charge on any atom is -0.455 e. The van der Waals surface area contributed by atoms with E-state index in [-0.39, 0.29) is 23.2 Å². The van der Waals surface area contributed by atoms with Crippen molar-refractivity contribution in [1.82, 2.24) is 14.3 Å². The molecule has 0 atom stereocenters. The summed E-state index contributed by atoms with van der Waals surface area (Å²) in [4.78, 5) is 31.7. The van der Waals surface area contributed by atoms with E-state index >= 15 is 0 Å². The Labute approximate surface area is 179 Å². The van der Waals surface area contributed by atoms with Crippen LogP contribution in [0.2, 0.25) is 5.02 Å². The third kappa shape index (κ3) is 4.46. The fourth-order valence-corrected chi connectivity index (χ4v) is 3.31. The summed E-state index contributed by atoms with van der Waals surface area (Å²) in [5.41, 5.74) is 1.49. The van der Waals surface area contributed by atoms with Crippen LogP contribution in [0.3, 0.4) is 0 Å². The number of rotatable bonds is 4. The first-order chi connectivity index (χ1) is 14.0. The highest BCUT2D eigenvalue weighted by Gasteiger charge is 2.26. The predicted molar refractivity (Wildman–Crippen MR) is 112 cm³/mol. The number of imidazole rings is 1. The summed E-state index contributed by atoms with van der Waals surface area (Å²) in [5, 5.41) is 0.00124. The van der Waals surface area contributed by atoms with Crippen LogP contribution in [-0.4, -0.2) is 38.8 Å². The van der Waals surface area contributed by atoms with Crippen LogP contribution in [0.5, 0.6) is 0 Å². The molecule has 30 heavy (non-hydrogen) atoms. The first-order valence-corrected chi connectivity index (χ1v) is 9.76. The molecule has 0 saturated carbocycles. The number of nitrogens with zero attached hydrogens (tertiary/aromatic N) is 3. The lowest BCUT2D eigenvalue weighted by Gasteiger charge is -2.20. The second-order valence-electron chi connectivity index (χ2n) is 8.07. The largest absolute Gasteiger partial charge is 0.455 e. The van der Waals surface area contributed by atoms with E-state index in [9.17, 15) is 14.0 Å². The molecule has 6 nitrogen and oxygen atoms in total. The van der Waals surface area contributed by atoms with Gasteiger partial charge in [0.15, 0.2) is 11.3 Å². The molecule has 0 bridgehead atoms. The van der Waals surface area contributed by atoms with E-state index in [1.165, 1.54) is 17.0 Å². The second-order valence-corrected chi connectivity index (χ2v) is 8.48. The van der Waals surface area contributed by atoms with Gasteiger partial charge in [0.25, 0.3) is 5.91 Å². The lowest BCUT2D eigenvalue weighted by molar-refractivity contribution is 0.00606. The van der Waals surface area contributed by atoms with Crippen molar-refractivity contribution in [2.24, 2.45) is 0 Å². The number of benzene rings is 1. The molecular weight excluding hydrogens is 409 g/mol. The Balaban J connectivity index is 1.94. The van der Waals surface area contributed by atoms with Gasteiger partial charge < -0.3 is 9.64 Å². The number of hydrogen-bond acceptors (Lipinski definition) is 4. The van der Waals surface area contributed by atoms with Crippen molar-refractivity contribution >= 4 is 29.1 Å². The van der Waals surface area contributed by atoms with Crippen LogP contribution in [0.25, 0.3) is 5.65 Å². The number of fused-ring (bicyclic) bond motifs is 1. The maximum absolute atomic E-state index is 13.4. The first kappa shape index (κ1) is 21.8. The maximum atomic E-state index is 13.4. The number of carbonyl (C=O) groups is 2. The number of carbonyl (C=O) groups excluding carboxylic acids is 2. The van der Waals surface area contributed by atoms with E-state index in [1.807, 2.05) is 0 Å². The molecule has 0 spiro atoms. The highest BCUT2D eigenvalue weighted by atomic mass is 35.5. The van der Waals surface area contributed by atoms with Gasteiger partial charge in [-0.15, -0.1) is 0 Å². The third-order valence-electron chi connectivity index (χ3n) is 4.40. The van der Waals surface area contributed by atoms with Crippen LogP contribution in [0.1, 0.15) is 52.9 Å². The summed E-state index contributed by atoms with van der Waals surface area (Å²) in [6.07, 6.45) is 1.67. The summed E-state index contributed by atoms with van der Waals surface area (Å²) < 4.78 is 20.4. The number of aryl methyl sites for hydroxylation is 1. The molecule has 0 aliphatic heterocycles.